The third-order valence-corrected chi connectivity index (χ3v) is 3.87. The molecule has 0 spiro atoms. The summed E-state index contributed by atoms with van der Waals surface area (Å²) in [6, 6.07) is 13.0. The van der Waals surface area contributed by atoms with Crippen molar-refractivity contribution in [2.45, 2.75) is 6.54 Å². The molecule has 0 bridgehead atoms. The molecule has 0 fully saturated rings. The summed E-state index contributed by atoms with van der Waals surface area (Å²) in [4.78, 5) is 20.5. The third kappa shape index (κ3) is 3.32. The van der Waals surface area contributed by atoms with Crippen LogP contribution in [0.25, 0.3) is 10.6 Å². The van der Waals surface area contributed by atoms with Crippen molar-refractivity contribution in [2.75, 3.05) is 0 Å². The lowest BCUT2D eigenvalue weighted by Gasteiger charge is -2.02. The number of nitrogens with zero attached hydrogens (tertiary/aromatic N) is 2. The van der Waals surface area contributed by atoms with E-state index >= 15 is 0 Å². The van der Waals surface area contributed by atoms with E-state index in [1.165, 1.54) is 0 Å². The zero-order chi connectivity index (χ0) is 14.5. The van der Waals surface area contributed by atoms with Crippen LogP contribution in [-0.2, 0) is 6.54 Å². The number of rotatable bonds is 4. The SMILES string of the molecule is O=C(NCc1csc(-c2cccnc2)n1)c1ccccc1. The number of pyridine rings is 1. The molecule has 2 aromatic heterocycles. The van der Waals surface area contributed by atoms with Crippen LogP contribution < -0.4 is 5.32 Å². The highest BCUT2D eigenvalue weighted by Gasteiger charge is 2.07. The number of hydrogen-bond acceptors (Lipinski definition) is 4. The quantitative estimate of drug-likeness (QED) is 0.804. The van der Waals surface area contributed by atoms with Crippen LogP contribution in [0.5, 0.6) is 0 Å². The van der Waals surface area contributed by atoms with E-state index in [-0.39, 0.29) is 5.91 Å². The Hall–Kier alpha value is -2.53. The summed E-state index contributed by atoms with van der Waals surface area (Å²) in [5.41, 5.74) is 2.49. The van der Waals surface area contributed by atoms with Crippen molar-refractivity contribution in [1.82, 2.24) is 15.3 Å². The zero-order valence-corrected chi connectivity index (χ0v) is 12.0. The number of thiazole rings is 1. The molecular formula is C16H13N3OS. The average molecular weight is 295 g/mol. The summed E-state index contributed by atoms with van der Waals surface area (Å²) < 4.78 is 0. The smallest absolute Gasteiger partial charge is 0.251 e. The Morgan fingerprint density at radius 2 is 2.00 bits per heavy atom. The standard InChI is InChI=1S/C16H13N3OS/c20-15(12-5-2-1-3-6-12)18-10-14-11-21-16(19-14)13-7-4-8-17-9-13/h1-9,11H,10H2,(H,18,20). The van der Waals surface area contributed by atoms with Gasteiger partial charge in [0.2, 0.25) is 0 Å². The van der Waals surface area contributed by atoms with Gasteiger partial charge in [0.25, 0.3) is 5.91 Å². The largest absolute Gasteiger partial charge is 0.346 e. The first-order valence-corrected chi connectivity index (χ1v) is 7.39. The second kappa shape index (κ2) is 6.28. The van der Waals surface area contributed by atoms with E-state index in [0.717, 1.165) is 16.3 Å². The molecule has 21 heavy (non-hydrogen) atoms. The first kappa shape index (κ1) is 13.5. The van der Waals surface area contributed by atoms with Crippen molar-refractivity contribution < 1.29 is 4.79 Å². The van der Waals surface area contributed by atoms with Gasteiger partial charge in [-0.1, -0.05) is 18.2 Å². The highest BCUT2D eigenvalue weighted by molar-refractivity contribution is 7.13. The van der Waals surface area contributed by atoms with Gasteiger partial charge in [0.15, 0.2) is 0 Å². The maximum absolute atomic E-state index is 11.9. The molecular weight excluding hydrogens is 282 g/mol. The van der Waals surface area contributed by atoms with E-state index in [0.29, 0.717) is 12.1 Å². The zero-order valence-electron chi connectivity index (χ0n) is 11.2. The van der Waals surface area contributed by atoms with Gasteiger partial charge in [-0.2, -0.15) is 0 Å². The van der Waals surface area contributed by atoms with Crippen molar-refractivity contribution in [3.05, 3.63) is 71.5 Å². The Labute approximate surface area is 126 Å². The van der Waals surface area contributed by atoms with Gasteiger partial charge < -0.3 is 5.32 Å². The molecule has 0 aliphatic carbocycles. The summed E-state index contributed by atoms with van der Waals surface area (Å²) >= 11 is 1.55. The maximum Gasteiger partial charge on any atom is 0.251 e. The first-order valence-electron chi connectivity index (χ1n) is 6.51. The van der Waals surface area contributed by atoms with E-state index in [9.17, 15) is 4.79 Å². The van der Waals surface area contributed by atoms with Gasteiger partial charge in [-0.15, -0.1) is 11.3 Å². The minimum Gasteiger partial charge on any atom is -0.346 e. The molecule has 0 saturated carbocycles. The van der Waals surface area contributed by atoms with E-state index in [4.69, 9.17) is 0 Å². The molecule has 1 amide bonds. The lowest BCUT2D eigenvalue weighted by molar-refractivity contribution is 0.0950. The van der Waals surface area contributed by atoms with Crippen LogP contribution in [-0.4, -0.2) is 15.9 Å². The minimum atomic E-state index is -0.0912. The monoisotopic (exact) mass is 295 g/mol. The molecule has 3 aromatic rings. The van der Waals surface area contributed by atoms with Crippen molar-refractivity contribution in [3.63, 3.8) is 0 Å². The Balaban J connectivity index is 1.64. The molecule has 2 heterocycles. The van der Waals surface area contributed by atoms with Crippen LogP contribution >= 0.6 is 11.3 Å². The molecule has 1 N–H and O–H groups in total. The van der Waals surface area contributed by atoms with Crippen LogP contribution in [0.2, 0.25) is 0 Å². The summed E-state index contributed by atoms with van der Waals surface area (Å²) in [5.74, 6) is -0.0912. The number of hydrogen-bond donors (Lipinski definition) is 1. The van der Waals surface area contributed by atoms with Crippen molar-refractivity contribution >= 4 is 17.2 Å². The molecule has 5 heteroatoms. The summed E-state index contributed by atoms with van der Waals surface area (Å²) in [6.45, 7) is 0.421. The van der Waals surface area contributed by atoms with Gasteiger partial charge in [0.05, 0.1) is 12.2 Å². The predicted molar refractivity (Wildman–Crippen MR) is 83.0 cm³/mol. The van der Waals surface area contributed by atoms with E-state index in [1.807, 2.05) is 35.7 Å². The highest BCUT2D eigenvalue weighted by Crippen LogP contribution is 2.22. The fourth-order valence-electron chi connectivity index (χ4n) is 1.87. The fraction of sp³-hybridized carbons (Fsp3) is 0.0625. The molecule has 1 aromatic carbocycles. The number of carbonyl (C=O) groups excluding carboxylic acids is 1. The number of benzene rings is 1. The second-order valence-electron chi connectivity index (χ2n) is 4.43. The van der Waals surface area contributed by atoms with Gasteiger partial charge in [-0.05, 0) is 24.3 Å². The van der Waals surface area contributed by atoms with Crippen LogP contribution in [0.3, 0.4) is 0 Å². The molecule has 4 nitrogen and oxygen atoms in total. The van der Waals surface area contributed by atoms with Crippen molar-refractivity contribution in [2.24, 2.45) is 0 Å². The number of carbonyl (C=O) groups is 1. The van der Waals surface area contributed by atoms with Gasteiger partial charge >= 0.3 is 0 Å². The van der Waals surface area contributed by atoms with Crippen LogP contribution in [0, 0.1) is 0 Å². The van der Waals surface area contributed by atoms with Crippen molar-refractivity contribution in [1.29, 1.82) is 0 Å². The Morgan fingerprint density at radius 3 is 2.76 bits per heavy atom. The van der Waals surface area contributed by atoms with Crippen LogP contribution in [0.1, 0.15) is 16.1 Å². The number of nitrogens with one attached hydrogen (secondary N) is 1. The molecule has 0 aliphatic rings. The Kier molecular flexibility index (Phi) is 4.02. The second-order valence-corrected chi connectivity index (χ2v) is 5.29. The van der Waals surface area contributed by atoms with Crippen LogP contribution in [0.4, 0.5) is 0 Å². The van der Waals surface area contributed by atoms with Crippen LogP contribution in [0.15, 0.2) is 60.2 Å². The molecule has 0 aliphatic heterocycles. The van der Waals surface area contributed by atoms with E-state index in [2.05, 4.69) is 15.3 Å². The summed E-state index contributed by atoms with van der Waals surface area (Å²) in [6.07, 6.45) is 3.52. The van der Waals surface area contributed by atoms with Gasteiger partial charge in [0.1, 0.15) is 5.01 Å². The molecule has 0 saturated heterocycles. The number of amides is 1. The minimum absolute atomic E-state index is 0.0912. The number of aromatic nitrogens is 2. The first-order chi connectivity index (χ1) is 10.3. The lowest BCUT2D eigenvalue weighted by atomic mass is 10.2. The highest BCUT2D eigenvalue weighted by atomic mass is 32.1. The molecule has 0 unspecified atom stereocenters. The maximum atomic E-state index is 11.9. The summed E-state index contributed by atoms with van der Waals surface area (Å²) in [5, 5.41) is 5.73. The molecule has 104 valence electrons. The predicted octanol–water partition coefficient (Wildman–Crippen LogP) is 3.14. The summed E-state index contributed by atoms with van der Waals surface area (Å²) in [7, 11) is 0. The fourth-order valence-corrected chi connectivity index (χ4v) is 2.68. The molecule has 3 rings (SSSR count). The van der Waals surface area contributed by atoms with E-state index in [1.54, 1.807) is 35.9 Å². The van der Waals surface area contributed by atoms with Gasteiger partial charge in [0, 0.05) is 28.9 Å². The molecule has 0 atom stereocenters. The van der Waals surface area contributed by atoms with Crippen molar-refractivity contribution in [3.8, 4) is 10.6 Å². The Morgan fingerprint density at radius 1 is 1.14 bits per heavy atom. The topological polar surface area (TPSA) is 54.9 Å². The third-order valence-electron chi connectivity index (χ3n) is 2.93. The average Bonchev–Trinajstić information content (AvgIpc) is 3.03. The van der Waals surface area contributed by atoms with E-state index < -0.39 is 0 Å². The normalized spacial score (nSPS) is 10.3. The van der Waals surface area contributed by atoms with Gasteiger partial charge in [-0.25, -0.2) is 4.98 Å². The van der Waals surface area contributed by atoms with Gasteiger partial charge in [-0.3, -0.25) is 9.78 Å². The molecule has 0 radical (unpaired) electrons. The lowest BCUT2D eigenvalue weighted by Crippen LogP contribution is -2.22. The Bertz CT molecular complexity index is 726.